The summed E-state index contributed by atoms with van der Waals surface area (Å²) in [6.45, 7) is 5.18. The molecule has 0 aromatic carbocycles. The average Bonchev–Trinajstić information content (AvgIpc) is 2.76. The smallest absolute Gasteiger partial charge is 0.0268 e. The highest BCUT2D eigenvalue weighted by atomic mass is 14.7. The summed E-state index contributed by atoms with van der Waals surface area (Å²) in [5.74, 6) is 0. The average molecular weight is 440 g/mol. The van der Waals surface area contributed by atoms with Crippen LogP contribution in [0.1, 0.15) is 176 Å². The van der Waals surface area contributed by atoms with Gasteiger partial charge in [-0.3, -0.25) is 0 Å². The molecule has 0 rings (SSSR count). The van der Waals surface area contributed by atoms with E-state index < -0.39 is 0 Å². The van der Waals surface area contributed by atoms with E-state index in [-0.39, 0.29) is 11.9 Å². The third kappa shape index (κ3) is 22.9. The number of unbranched alkanes of at least 4 members (excludes halogenated alkanes) is 18. The van der Waals surface area contributed by atoms with Crippen LogP contribution >= 0.6 is 0 Å². The number of nitrogens with two attached hydrogens (primary N) is 2. The second-order valence-corrected chi connectivity index (χ2v) is 10.3. The summed E-state index contributed by atoms with van der Waals surface area (Å²) >= 11 is 0. The van der Waals surface area contributed by atoms with E-state index in [9.17, 15) is 0 Å². The van der Waals surface area contributed by atoms with Crippen molar-refractivity contribution in [3.63, 3.8) is 0 Å². The minimum Gasteiger partial charge on any atom is -0.330 e. The van der Waals surface area contributed by atoms with Crippen LogP contribution in [-0.4, -0.2) is 12.1 Å². The standard InChI is InChI=1S/C29H62N2/c1-3-5-7-9-11-13-15-17-19-21-25-29(31,27-23-24-28-30)26-22-20-18-16-14-12-10-8-6-4-2/h3-28,30-31H2,1-2H3/i23D. The highest BCUT2D eigenvalue weighted by molar-refractivity contribution is 4.84. The molecule has 0 aliphatic carbocycles. The molecule has 0 radical (unpaired) electrons. The fourth-order valence-electron chi connectivity index (χ4n) is 4.77. The first-order chi connectivity index (χ1) is 15.6. The molecule has 0 saturated heterocycles. The van der Waals surface area contributed by atoms with E-state index in [1.54, 1.807) is 0 Å². The van der Waals surface area contributed by atoms with Crippen molar-refractivity contribution < 1.29 is 1.37 Å². The molecule has 2 nitrogen and oxygen atoms in total. The van der Waals surface area contributed by atoms with Crippen LogP contribution in [0.4, 0.5) is 0 Å². The van der Waals surface area contributed by atoms with Gasteiger partial charge in [0.1, 0.15) is 0 Å². The molecule has 0 amide bonds. The Balaban J connectivity index is 3.96. The Morgan fingerprint density at radius 3 is 1.13 bits per heavy atom. The maximum absolute atomic E-state index is 8.35. The lowest BCUT2D eigenvalue weighted by molar-refractivity contribution is 0.304. The van der Waals surface area contributed by atoms with Gasteiger partial charge in [0.2, 0.25) is 0 Å². The highest BCUT2D eigenvalue weighted by Crippen LogP contribution is 2.26. The van der Waals surface area contributed by atoms with E-state index >= 15 is 0 Å². The van der Waals surface area contributed by atoms with Gasteiger partial charge < -0.3 is 11.5 Å². The largest absolute Gasteiger partial charge is 0.330 e. The van der Waals surface area contributed by atoms with Crippen molar-refractivity contribution in [3.8, 4) is 0 Å². The van der Waals surface area contributed by atoms with Gasteiger partial charge in [-0.25, -0.2) is 0 Å². The Bertz CT molecular complexity index is 337. The third-order valence-corrected chi connectivity index (χ3v) is 6.98. The van der Waals surface area contributed by atoms with Crippen LogP contribution in [0.15, 0.2) is 0 Å². The lowest BCUT2D eigenvalue weighted by atomic mass is 9.83. The lowest BCUT2D eigenvalue weighted by Crippen LogP contribution is -2.39. The number of rotatable bonds is 26. The SMILES string of the molecule is [2H]C(CCN)CC(N)(CCCCCCCCCCCC)CCCCCCCCCCCC. The summed E-state index contributed by atoms with van der Waals surface area (Å²) < 4.78 is 8.35. The zero-order valence-corrected chi connectivity index (χ0v) is 21.9. The molecule has 1 atom stereocenters. The Labute approximate surface area is 199 Å². The Morgan fingerprint density at radius 2 is 0.806 bits per heavy atom. The second kappa shape index (κ2) is 24.6. The quantitative estimate of drug-likeness (QED) is 0.132. The summed E-state index contributed by atoms with van der Waals surface area (Å²) in [6.07, 6.45) is 31.1. The van der Waals surface area contributed by atoms with E-state index in [0.29, 0.717) is 6.54 Å². The van der Waals surface area contributed by atoms with Crippen LogP contribution in [-0.2, 0) is 0 Å². The monoisotopic (exact) mass is 439 g/mol. The van der Waals surface area contributed by atoms with Crippen LogP contribution in [0.2, 0.25) is 0 Å². The van der Waals surface area contributed by atoms with Gasteiger partial charge in [-0.05, 0) is 32.2 Å². The summed E-state index contributed by atoms with van der Waals surface area (Å²) in [5.41, 5.74) is 12.4. The van der Waals surface area contributed by atoms with Crippen LogP contribution in [0, 0.1) is 0 Å². The van der Waals surface area contributed by atoms with Crippen LogP contribution in [0.25, 0.3) is 0 Å². The van der Waals surface area contributed by atoms with Gasteiger partial charge in [0, 0.05) is 6.91 Å². The summed E-state index contributed by atoms with van der Waals surface area (Å²) in [5, 5.41) is 0. The predicted octanol–water partition coefficient (Wildman–Crippen LogP) is 9.43. The van der Waals surface area contributed by atoms with Gasteiger partial charge in [-0.1, -0.05) is 149 Å². The fraction of sp³-hybridized carbons (Fsp3) is 1.00. The van der Waals surface area contributed by atoms with Crippen molar-refractivity contribution >= 4 is 0 Å². The van der Waals surface area contributed by atoms with Crippen molar-refractivity contribution in [2.45, 2.75) is 180 Å². The van der Waals surface area contributed by atoms with Gasteiger partial charge in [0.25, 0.3) is 0 Å². The third-order valence-electron chi connectivity index (χ3n) is 6.98. The van der Waals surface area contributed by atoms with Gasteiger partial charge in [0.05, 0.1) is 0 Å². The molecule has 0 heterocycles. The highest BCUT2D eigenvalue weighted by Gasteiger charge is 2.23. The lowest BCUT2D eigenvalue weighted by Gasteiger charge is -2.30. The first-order valence-electron chi connectivity index (χ1n) is 15.1. The molecular weight excluding hydrogens is 376 g/mol. The van der Waals surface area contributed by atoms with Crippen molar-refractivity contribution in [2.75, 3.05) is 6.54 Å². The molecule has 188 valence electrons. The fourth-order valence-corrected chi connectivity index (χ4v) is 4.77. The van der Waals surface area contributed by atoms with Crippen molar-refractivity contribution in [2.24, 2.45) is 11.5 Å². The maximum Gasteiger partial charge on any atom is 0.0268 e. The van der Waals surface area contributed by atoms with Crippen molar-refractivity contribution in [1.29, 1.82) is 0 Å². The van der Waals surface area contributed by atoms with E-state index in [1.807, 2.05) is 0 Å². The zero-order valence-electron chi connectivity index (χ0n) is 22.9. The molecule has 0 fully saturated rings. The molecule has 0 bridgehead atoms. The summed E-state index contributed by atoms with van der Waals surface area (Å²) in [7, 11) is 0. The Hall–Kier alpha value is -0.0800. The van der Waals surface area contributed by atoms with Crippen LogP contribution in [0.5, 0.6) is 0 Å². The number of hydrogen-bond acceptors (Lipinski definition) is 2. The Morgan fingerprint density at radius 1 is 0.484 bits per heavy atom. The molecule has 1 unspecified atom stereocenters. The van der Waals surface area contributed by atoms with Crippen LogP contribution in [0.3, 0.4) is 0 Å². The molecule has 0 aliphatic rings. The minimum atomic E-state index is -0.137. The first-order valence-corrected chi connectivity index (χ1v) is 14.5. The molecule has 0 aliphatic heterocycles. The van der Waals surface area contributed by atoms with Crippen LogP contribution < -0.4 is 11.5 Å². The summed E-state index contributed by atoms with van der Waals surface area (Å²) in [4.78, 5) is 0. The number of hydrogen-bond donors (Lipinski definition) is 2. The minimum absolute atomic E-state index is 0.0868. The molecular formula is C29H62N2. The molecule has 0 saturated carbocycles. The molecule has 0 aromatic rings. The molecule has 0 aromatic heterocycles. The molecule has 0 spiro atoms. The van der Waals surface area contributed by atoms with Crippen molar-refractivity contribution in [1.82, 2.24) is 0 Å². The zero-order chi connectivity index (χ0) is 23.8. The molecule has 4 N–H and O–H groups in total. The second-order valence-electron chi connectivity index (χ2n) is 10.3. The van der Waals surface area contributed by atoms with Gasteiger partial charge >= 0.3 is 0 Å². The molecule has 31 heavy (non-hydrogen) atoms. The van der Waals surface area contributed by atoms with E-state index in [2.05, 4.69) is 13.8 Å². The van der Waals surface area contributed by atoms with E-state index in [4.69, 9.17) is 12.8 Å². The van der Waals surface area contributed by atoms with Crippen molar-refractivity contribution in [3.05, 3.63) is 0 Å². The maximum atomic E-state index is 8.35. The Kier molecular flexibility index (Phi) is 22.9. The van der Waals surface area contributed by atoms with Gasteiger partial charge in [0.15, 0.2) is 0 Å². The van der Waals surface area contributed by atoms with E-state index in [1.165, 1.54) is 128 Å². The first kappa shape index (κ1) is 29.0. The normalized spacial score (nSPS) is 13.5. The topological polar surface area (TPSA) is 52.0 Å². The van der Waals surface area contributed by atoms with Gasteiger partial charge in [-0.15, -0.1) is 0 Å². The van der Waals surface area contributed by atoms with E-state index in [0.717, 1.165) is 25.7 Å². The summed E-state index contributed by atoms with van der Waals surface area (Å²) in [6, 6.07) is 0. The van der Waals surface area contributed by atoms with Gasteiger partial charge in [-0.2, -0.15) is 0 Å². The predicted molar refractivity (Wildman–Crippen MR) is 143 cm³/mol. The molecule has 2 heteroatoms.